The number of amides is 1. The molecule has 1 amide bonds. The van der Waals surface area contributed by atoms with Crippen LogP contribution in [0.3, 0.4) is 0 Å². The third kappa shape index (κ3) is 2.26. The highest BCUT2D eigenvalue weighted by molar-refractivity contribution is 5.99. The van der Waals surface area contributed by atoms with Crippen molar-refractivity contribution in [3.05, 3.63) is 17.7 Å². The Morgan fingerprint density at radius 2 is 2.24 bits per heavy atom. The molecule has 1 fully saturated rings. The van der Waals surface area contributed by atoms with Crippen LogP contribution in [-0.2, 0) is 4.74 Å². The van der Waals surface area contributed by atoms with Gasteiger partial charge in [0.05, 0.1) is 13.2 Å². The fourth-order valence-electron chi connectivity index (χ4n) is 1.68. The minimum absolute atomic E-state index is 0.156. The Balaban J connectivity index is 2.32. The van der Waals surface area contributed by atoms with Crippen molar-refractivity contribution < 1.29 is 24.5 Å². The number of phenols is 2. The number of carbonyl (C=O) groups excluding carboxylic acids is 1. The van der Waals surface area contributed by atoms with E-state index in [0.717, 1.165) is 0 Å². The summed E-state index contributed by atoms with van der Waals surface area (Å²) in [6.07, 6.45) is 0.539. The molecule has 0 bridgehead atoms. The number of rotatable bonds is 3. The lowest BCUT2D eigenvalue weighted by atomic mass is 10.1. The fraction of sp³-hybridized carbons (Fsp3) is 0.364. The molecule has 1 aromatic carbocycles. The van der Waals surface area contributed by atoms with Crippen LogP contribution in [-0.4, -0.2) is 35.4 Å². The molecular weight excluding hydrogens is 226 g/mol. The van der Waals surface area contributed by atoms with E-state index in [2.05, 4.69) is 0 Å². The maximum atomic E-state index is 11.2. The molecule has 6 heteroatoms. The van der Waals surface area contributed by atoms with Crippen LogP contribution in [0.2, 0.25) is 0 Å². The number of primary amides is 1. The number of hydrogen-bond acceptors (Lipinski definition) is 5. The number of aromatic hydroxyl groups is 2. The van der Waals surface area contributed by atoms with Gasteiger partial charge in [0.1, 0.15) is 17.4 Å². The van der Waals surface area contributed by atoms with Crippen LogP contribution >= 0.6 is 0 Å². The first kappa shape index (κ1) is 11.5. The van der Waals surface area contributed by atoms with Crippen molar-refractivity contribution in [3.63, 3.8) is 0 Å². The molecular formula is C11H13NO5. The lowest BCUT2D eigenvalue weighted by molar-refractivity contribution is 0.0985. The van der Waals surface area contributed by atoms with E-state index in [4.69, 9.17) is 15.2 Å². The van der Waals surface area contributed by atoms with Crippen LogP contribution in [0, 0.1) is 0 Å². The molecule has 0 aromatic heterocycles. The zero-order valence-corrected chi connectivity index (χ0v) is 9.05. The number of hydrogen-bond donors (Lipinski definition) is 3. The summed E-state index contributed by atoms with van der Waals surface area (Å²) in [5.41, 5.74) is 4.93. The van der Waals surface area contributed by atoms with Gasteiger partial charge in [0, 0.05) is 6.42 Å². The van der Waals surface area contributed by atoms with Gasteiger partial charge in [-0.3, -0.25) is 4.79 Å². The lowest BCUT2D eigenvalue weighted by Gasteiger charge is -2.15. The van der Waals surface area contributed by atoms with E-state index in [0.29, 0.717) is 19.6 Å². The fourth-order valence-corrected chi connectivity index (χ4v) is 1.68. The minimum atomic E-state index is -0.854. The quantitative estimate of drug-likeness (QED) is 0.661. The SMILES string of the molecule is NC(=O)c1c(OC2CCOC2)ccc(O)c1O. The zero-order chi connectivity index (χ0) is 12.4. The highest BCUT2D eigenvalue weighted by Gasteiger charge is 2.23. The van der Waals surface area contributed by atoms with E-state index in [1.807, 2.05) is 0 Å². The van der Waals surface area contributed by atoms with Gasteiger partial charge in [-0.2, -0.15) is 0 Å². The van der Waals surface area contributed by atoms with Crippen molar-refractivity contribution >= 4 is 5.91 Å². The van der Waals surface area contributed by atoms with Gasteiger partial charge in [0.2, 0.25) is 0 Å². The summed E-state index contributed by atoms with van der Waals surface area (Å²) in [6, 6.07) is 2.64. The molecule has 0 aliphatic carbocycles. The Kier molecular flexibility index (Phi) is 3.06. The van der Waals surface area contributed by atoms with E-state index in [9.17, 15) is 15.0 Å². The van der Waals surface area contributed by atoms with Crippen molar-refractivity contribution in [2.24, 2.45) is 5.73 Å². The first-order valence-corrected chi connectivity index (χ1v) is 5.18. The number of phenolic OH excluding ortho intramolecular Hbond substituents is 1. The van der Waals surface area contributed by atoms with Crippen LogP contribution in [0.25, 0.3) is 0 Å². The van der Waals surface area contributed by atoms with Gasteiger partial charge in [-0.05, 0) is 12.1 Å². The Labute approximate surface area is 97.6 Å². The van der Waals surface area contributed by atoms with Crippen LogP contribution in [0.4, 0.5) is 0 Å². The van der Waals surface area contributed by atoms with E-state index < -0.39 is 17.4 Å². The molecule has 1 aliphatic heterocycles. The highest BCUT2D eigenvalue weighted by Crippen LogP contribution is 2.36. The minimum Gasteiger partial charge on any atom is -0.504 e. The Hall–Kier alpha value is -1.95. The van der Waals surface area contributed by atoms with E-state index in [1.54, 1.807) is 0 Å². The number of ether oxygens (including phenoxy) is 2. The molecule has 1 heterocycles. The average Bonchev–Trinajstić information content (AvgIpc) is 2.76. The molecule has 2 rings (SSSR count). The monoisotopic (exact) mass is 239 g/mol. The van der Waals surface area contributed by atoms with Gasteiger partial charge in [-0.15, -0.1) is 0 Å². The summed E-state index contributed by atoms with van der Waals surface area (Å²) in [5.74, 6) is -1.67. The van der Waals surface area contributed by atoms with Crippen molar-refractivity contribution in [1.82, 2.24) is 0 Å². The molecule has 17 heavy (non-hydrogen) atoms. The van der Waals surface area contributed by atoms with E-state index >= 15 is 0 Å². The van der Waals surface area contributed by atoms with Crippen LogP contribution in [0.15, 0.2) is 12.1 Å². The van der Waals surface area contributed by atoms with Gasteiger partial charge < -0.3 is 25.4 Å². The normalized spacial score (nSPS) is 19.2. The van der Waals surface area contributed by atoms with Gasteiger partial charge in [0.15, 0.2) is 11.5 Å². The van der Waals surface area contributed by atoms with Gasteiger partial charge >= 0.3 is 0 Å². The van der Waals surface area contributed by atoms with Crippen LogP contribution < -0.4 is 10.5 Å². The topological polar surface area (TPSA) is 102 Å². The smallest absolute Gasteiger partial charge is 0.256 e. The molecule has 0 spiro atoms. The number of nitrogens with two attached hydrogens (primary N) is 1. The average molecular weight is 239 g/mol. The molecule has 4 N–H and O–H groups in total. The van der Waals surface area contributed by atoms with Crippen LogP contribution in [0.1, 0.15) is 16.8 Å². The third-order valence-electron chi connectivity index (χ3n) is 2.55. The predicted molar refractivity (Wildman–Crippen MR) is 58.1 cm³/mol. The Morgan fingerprint density at radius 1 is 1.47 bits per heavy atom. The summed E-state index contributed by atoms with van der Waals surface area (Å²) >= 11 is 0. The Morgan fingerprint density at radius 3 is 2.82 bits per heavy atom. The maximum absolute atomic E-state index is 11.2. The summed E-state index contributed by atoms with van der Waals surface area (Å²) in [7, 11) is 0. The molecule has 1 aliphatic rings. The molecule has 0 saturated carbocycles. The van der Waals surface area contributed by atoms with Crippen molar-refractivity contribution in [1.29, 1.82) is 0 Å². The number of carbonyl (C=O) groups is 1. The summed E-state index contributed by atoms with van der Waals surface area (Å²) in [4.78, 5) is 11.2. The summed E-state index contributed by atoms with van der Waals surface area (Å²) < 4.78 is 10.6. The zero-order valence-electron chi connectivity index (χ0n) is 9.05. The predicted octanol–water partition coefficient (Wildman–Crippen LogP) is 0.364. The summed E-state index contributed by atoms with van der Waals surface area (Å²) in [5, 5.41) is 18.9. The first-order valence-electron chi connectivity index (χ1n) is 5.18. The van der Waals surface area contributed by atoms with E-state index in [1.165, 1.54) is 12.1 Å². The standard InChI is InChI=1S/C11H13NO5/c12-11(15)9-8(2-1-7(13)10(9)14)17-6-3-4-16-5-6/h1-2,6,13-14H,3-5H2,(H2,12,15). The summed E-state index contributed by atoms with van der Waals surface area (Å²) in [6.45, 7) is 1.03. The third-order valence-corrected chi connectivity index (χ3v) is 2.55. The first-order chi connectivity index (χ1) is 8.09. The second-order valence-corrected chi connectivity index (χ2v) is 3.77. The molecule has 0 radical (unpaired) electrons. The molecule has 1 saturated heterocycles. The maximum Gasteiger partial charge on any atom is 0.256 e. The molecule has 1 atom stereocenters. The lowest BCUT2D eigenvalue weighted by Crippen LogP contribution is -2.19. The molecule has 1 aromatic rings. The van der Waals surface area contributed by atoms with Gasteiger partial charge in [-0.25, -0.2) is 0 Å². The van der Waals surface area contributed by atoms with Crippen molar-refractivity contribution in [2.45, 2.75) is 12.5 Å². The molecule has 6 nitrogen and oxygen atoms in total. The second-order valence-electron chi connectivity index (χ2n) is 3.77. The highest BCUT2D eigenvalue weighted by atomic mass is 16.5. The van der Waals surface area contributed by atoms with Crippen molar-refractivity contribution in [3.8, 4) is 17.2 Å². The molecule has 1 unspecified atom stereocenters. The molecule has 92 valence electrons. The van der Waals surface area contributed by atoms with E-state index in [-0.39, 0.29) is 17.4 Å². The second kappa shape index (κ2) is 4.50. The number of benzene rings is 1. The van der Waals surface area contributed by atoms with Crippen LogP contribution in [0.5, 0.6) is 17.2 Å². The Bertz CT molecular complexity index is 440. The van der Waals surface area contributed by atoms with Crippen molar-refractivity contribution in [2.75, 3.05) is 13.2 Å². The largest absolute Gasteiger partial charge is 0.504 e. The van der Waals surface area contributed by atoms with Gasteiger partial charge in [0.25, 0.3) is 5.91 Å². The van der Waals surface area contributed by atoms with Gasteiger partial charge in [-0.1, -0.05) is 0 Å².